The van der Waals surface area contributed by atoms with E-state index in [2.05, 4.69) is 10.2 Å². The molecule has 0 aromatic heterocycles. The predicted molar refractivity (Wildman–Crippen MR) is 102 cm³/mol. The van der Waals surface area contributed by atoms with Crippen molar-refractivity contribution in [2.24, 2.45) is 17.8 Å². The van der Waals surface area contributed by atoms with Crippen molar-refractivity contribution in [3.63, 3.8) is 0 Å². The number of ether oxygens (including phenoxy) is 3. The summed E-state index contributed by atoms with van der Waals surface area (Å²) in [7, 11) is 1.62. The van der Waals surface area contributed by atoms with Gasteiger partial charge in [0.15, 0.2) is 0 Å². The normalized spacial score (nSPS) is 27.7. The van der Waals surface area contributed by atoms with Crippen molar-refractivity contribution < 1.29 is 23.4 Å². The molecule has 154 valence electrons. The van der Waals surface area contributed by atoms with E-state index in [1.54, 1.807) is 19.2 Å². The zero-order valence-electron chi connectivity index (χ0n) is 16.4. The maximum atomic E-state index is 14.0. The van der Waals surface area contributed by atoms with Crippen molar-refractivity contribution in [2.45, 2.75) is 18.9 Å². The van der Waals surface area contributed by atoms with E-state index in [0.29, 0.717) is 32.2 Å². The smallest absolute Gasteiger partial charge is 0.224 e. The molecule has 1 aromatic rings. The van der Waals surface area contributed by atoms with E-state index < -0.39 is 0 Å². The van der Waals surface area contributed by atoms with Gasteiger partial charge in [-0.2, -0.15) is 0 Å². The molecule has 3 aliphatic heterocycles. The first kappa shape index (κ1) is 19.6. The number of benzene rings is 1. The summed E-state index contributed by atoms with van der Waals surface area (Å²) >= 11 is 0. The lowest BCUT2D eigenvalue weighted by Gasteiger charge is -2.36. The van der Waals surface area contributed by atoms with E-state index in [0.717, 1.165) is 43.9 Å². The van der Waals surface area contributed by atoms with E-state index in [1.807, 2.05) is 0 Å². The molecule has 0 saturated carbocycles. The number of nitrogens with one attached hydrogen (secondary N) is 1. The minimum atomic E-state index is -0.262. The number of likely N-dealkylation sites (tertiary alicyclic amines) is 1. The number of carbonyl (C=O) groups is 1. The number of nitrogens with zero attached hydrogens (tertiary/aromatic N) is 1. The zero-order valence-corrected chi connectivity index (χ0v) is 16.4. The highest BCUT2D eigenvalue weighted by Gasteiger charge is 2.49. The Morgan fingerprint density at radius 1 is 1.36 bits per heavy atom. The van der Waals surface area contributed by atoms with Gasteiger partial charge in [0.2, 0.25) is 5.91 Å². The Morgan fingerprint density at radius 3 is 2.96 bits per heavy atom. The van der Waals surface area contributed by atoms with E-state index >= 15 is 0 Å². The van der Waals surface area contributed by atoms with Gasteiger partial charge in [0.05, 0.1) is 19.1 Å². The van der Waals surface area contributed by atoms with Gasteiger partial charge in [-0.05, 0) is 37.0 Å². The quantitative estimate of drug-likeness (QED) is 0.751. The van der Waals surface area contributed by atoms with Crippen LogP contribution in [-0.2, 0) is 14.3 Å². The molecule has 3 aliphatic rings. The second-order valence-corrected chi connectivity index (χ2v) is 8.00. The third-order valence-corrected chi connectivity index (χ3v) is 6.24. The lowest BCUT2D eigenvalue weighted by atomic mass is 9.84. The van der Waals surface area contributed by atoms with Crippen LogP contribution in [0.2, 0.25) is 0 Å². The van der Waals surface area contributed by atoms with Crippen LogP contribution in [0.5, 0.6) is 5.75 Å². The van der Waals surface area contributed by atoms with Gasteiger partial charge in [-0.15, -0.1) is 0 Å². The van der Waals surface area contributed by atoms with Crippen molar-refractivity contribution in [1.29, 1.82) is 0 Å². The third-order valence-electron chi connectivity index (χ3n) is 6.24. The number of hydrogen-bond acceptors (Lipinski definition) is 5. The number of carbonyl (C=O) groups excluding carboxylic acids is 1. The molecule has 1 amide bonds. The van der Waals surface area contributed by atoms with Gasteiger partial charge in [0, 0.05) is 57.5 Å². The summed E-state index contributed by atoms with van der Waals surface area (Å²) in [4.78, 5) is 15.2. The topological polar surface area (TPSA) is 60.0 Å². The fourth-order valence-corrected chi connectivity index (χ4v) is 4.83. The summed E-state index contributed by atoms with van der Waals surface area (Å²) in [6.07, 6.45) is 2.07. The molecule has 28 heavy (non-hydrogen) atoms. The highest BCUT2D eigenvalue weighted by Crippen LogP contribution is 2.48. The Morgan fingerprint density at radius 2 is 2.18 bits per heavy atom. The van der Waals surface area contributed by atoms with Gasteiger partial charge in [-0.1, -0.05) is 0 Å². The molecule has 0 aliphatic carbocycles. The molecule has 1 N–H and O–H groups in total. The summed E-state index contributed by atoms with van der Waals surface area (Å²) in [5, 5.41) is 2.98. The van der Waals surface area contributed by atoms with Crippen molar-refractivity contribution in [3.8, 4) is 5.75 Å². The summed E-state index contributed by atoms with van der Waals surface area (Å²) < 4.78 is 30.5. The standard InChI is InChI=1S/C21H29FN2O4/c1-26-9-6-23-21(25)17-12-24(11-14-4-7-27-8-5-14)20-16-10-15(22)2-3-19(16)28-13-18(17)20/h2-3,10,14,17-18,20H,4-9,11-13H2,1H3,(H,23,25)/t17-,18+,20+/m1/s1. The minimum Gasteiger partial charge on any atom is -0.493 e. The molecule has 2 saturated heterocycles. The summed E-state index contributed by atoms with van der Waals surface area (Å²) in [5.41, 5.74) is 0.871. The molecule has 0 unspecified atom stereocenters. The van der Waals surface area contributed by atoms with Crippen LogP contribution >= 0.6 is 0 Å². The molecule has 7 heteroatoms. The Bertz CT molecular complexity index is 695. The molecule has 0 bridgehead atoms. The van der Waals surface area contributed by atoms with Crippen molar-refractivity contribution in [2.75, 3.05) is 53.2 Å². The van der Waals surface area contributed by atoms with Gasteiger partial charge in [-0.3, -0.25) is 9.69 Å². The predicted octanol–water partition coefficient (Wildman–Crippen LogP) is 2.00. The van der Waals surface area contributed by atoms with Crippen LogP contribution in [0.3, 0.4) is 0 Å². The fraction of sp³-hybridized carbons (Fsp3) is 0.667. The zero-order chi connectivity index (χ0) is 19.5. The number of fused-ring (bicyclic) bond motifs is 3. The van der Waals surface area contributed by atoms with Gasteiger partial charge < -0.3 is 19.5 Å². The van der Waals surface area contributed by atoms with Crippen molar-refractivity contribution in [1.82, 2.24) is 10.2 Å². The second kappa shape index (κ2) is 8.76. The van der Waals surface area contributed by atoms with E-state index in [-0.39, 0.29) is 29.6 Å². The van der Waals surface area contributed by atoms with Gasteiger partial charge in [0.1, 0.15) is 11.6 Å². The van der Waals surface area contributed by atoms with Gasteiger partial charge in [0.25, 0.3) is 0 Å². The van der Waals surface area contributed by atoms with Crippen molar-refractivity contribution >= 4 is 5.91 Å². The SMILES string of the molecule is COCCNC(=O)[C@@H]1CN(CC2CCOCC2)[C@H]2c3cc(F)ccc3OC[C@@H]12. The maximum Gasteiger partial charge on any atom is 0.224 e. The third kappa shape index (κ3) is 4.02. The van der Waals surface area contributed by atoms with Crippen LogP contribution in [0, 0.1) is 23.6 Å². The molecule has 0 spiro atoms. The molecule has 1 aromatic carbocycles. The Kier molecular flexibility index (Phi) is 6.13. The lowest BCUT2D eigenvalue weighted by molar-refractivity contribution is -0.126. The van der Waals surface area contributed by atoms with E-state index in [1.165, 1.54) is 6.07 Å². The number of halogens is 1. The average Bonchev–Trinajstić information content (AvgIpc) is 3.08. The van der Waals surface area contributed by atoms with Crippen LogP contribution < -0.4 is 10.1 Å². The van der Waals surface area contributed by atoms with Crippen LogP contribution in [0.1, 0.15) is 24.4 Å². The summed E-state index contributed by atoms with van der Waals surface area (Å²) in [5.74, 6) is 0.909. The fourth-order valence-electron chi connectivity index (χ4n) is 4.83. The number of amides is 1. The molecule has 4 rings (SSSR count). The molecule has 2 fully saturated rings. The van der Waals surface area contributed by atoms with Gasteiger partial charge >= 0.3 is 0 Å². The first-order valence-electron chi connectivity index (χ1n) is 10.2. The maximum absolute atomic E-state index is 14.0. The highest BCUT2D eigenvalue weighted by molar-refractivity contribution is 5.80. The highest BCUT2D eigenvalue weighted by atomic mass is 19.1. The Labute approximate surface area is 165 Å². The Balaban J connectivity index is 1.56. The first-order valence-corrected chi connectivity index (χ1v) is 10.2. The molecule has 3 heterocycles. The van der Waals surface area contributed by atoms with E-state index in [9.17, 15) is 9.18 Å². The average molecular weight is 392 g/mol. The van der Waals surface area contributed by atoms with Crippen LogP contribution in [0.4, 0.5) is 4.39 Å². The molecule has 0 radical (unpaired) electrons. The van der Waals surface area contributed by atoms with Crippen molar-refractivity contribution in [3.05, 3.63) is 29.6 Å². The minimum absolute atomic E-state index is 0.0143. The lowest BCUT2D eigenvalue weighted by Crippen LogP contribution is -2.39. The Hall–Kier alpha value is -1.70. The summed E-state index contributed by atoms with van der Waals surface area (Å²) in [6, 6.07) is 4.74. The first-order chi connectivity index (χ1) is 13.7. The molecule has 6 nitrogen and oxygen atoms in total. The number of rotatable bonds is 6. The largest absolute Gasteiger partial charge is 0.493 e. The van der Waals surface area contributed by atoms with Crippen LogP contribution in [0.25, 0.3) is 0 Å². The number of hydrogen-bond donors (Lipinski definition) is 1. The second-order valence-electron chi connectivity index (χ2n) is 8.00. The molecular formula is C21H29FN2O4. The molecular weight excluding hydrogens is 363 g/mol. The van der Waals surface area contributed by atoms with Gasteiger partial charge in [-0.25, -0.2) is 4.39 Å². The molecule has 3 atom stereocenters. The van der Waals surface area contributed by atoms with E-state index in [4.69, 9.17) is 14.2 Å². The summed E-state index contributed by atoms with van der Waals surface area (Å²) in [6.45, 7) is 4.63. The monoisotopic (exact) mass is 392 g/mol. The number of methoxy groups -OCH3 is 1. The van der Waals surface area contributed by atoms with Crippen LogP contribution in [-0.4, -0.2) is 64.0 Å². The van der Waals surface area contributed by atoms with Crippen LogP contribution in [0.15, 0.2) is 18.2 Å².